The fourth-order valence-corrected chi connectivity index (χ4v) is 10.7. The molecule has 2 atom stereocenters. The summed E-state index contributed by atoms with van der Waals surface area (Å²) in [6.07, 6.45) is 13.6. The number of imidazole rings is 1. The van der Waals surface area contributed by atoms with Crippen molar-refractivity contribution in [2.45, 2.75) is 114 Å². The number of rotatable bonds is 15. The minimum atomic E-state index is -4.61. The minimum Gasteiger partial charge on any atom is -0.368 e. The van der Waals surface area contributed by atoms with Gasteiger partial charge in [-0.3, -0.25) is 23.5 Å². The molecule has 3 saturated heterocycles. The number of alkyl halides is 3. The number of hydrogen-bond donors (Lipinski definition) is 1. The molecule has 85 heavy (non-hydrogen) atoms. The van der Waals surface area contributed by atoms with E-state index in [0.29, 0.717) is 48.3 Å². The topological polar surface area (TPSA) is 163 Å². The van der Waals surface area contributed by atoms with Gasteiger partial charge >= 0.3 is 106 Å². The molecule has 23 heteroatoms. The molecular weight excluding hydrogens is 1280 g/mol. The van der Waals surface area contributed by atoms with Crippen molar-refractivity contribution in [3.05, 3.63) is 149 Å². The summed E-state index contributed by atoms with van der Waals surface area (Å²) in [5.74, 6) is 2.11. The van der Waals surface area contributed by atoms with Gasteiger partial charge in [0.1, 0.15) is 31.0 Å². The van der Waals surface area contributed by atoms with Crippen LogP contribution in [-0.2, 0) is 47.1 Å². The molecule has 0 spiro atoms. The molecule has 456 valence electrons. The SMILES string of the molecule is C1CCC1.CN1CCCC(OC2CCN(Cc3cc(C(F)(F)F)c4cn(-c5cccc(Cc6nncn6C)c5)c(=O)n4c3)CC2)C1.CNC.C[Se]F.O=CCCC(C=O)N1Cc2cc(N3CCN(c4ccc(C=O)cc4)CC3)ccc2C1=O.[CH3-].[Cs+]. The zero-order valence-electron chi connectivity index (χ0n) is 50.3. The molecule has 1 aliphatic carbocycles. The fraction of sp³-hybridized carbons (Fsp3) is 0.484. The molecule has 1 saturated carbocycles. The predicted octanol–water partition coefficient (Wildman–Crippen LogP) is 5.71. The van der Waals surface area contributed by atoms with E-state index in [-0.39, 0.29) is 106 Å². The van der Waals surface area contributed by atoms with E-state index in [1.165, 1.54) is 48.3 Å². The van der Waals surface area contributed by atoms with Crippen LogP contribution in [0.4, 0.5) is 28.1 Å². The van der Waals surface area contributed by atoms with Crippen LogP contribution in [0.5, 0.6) is 0 Å². The molecule has 4 aliphatic heterocycles. The fourth-order valence-electron chi connectivity index (χ4n) is 10.7. The van der Waals surface area contributed by atoms with Crippen LogP contribution >= 0.6 is 0 Å². The molecule has 5 aliphatic rings. The number of piperazine rings is 1. The quantitative estimate of drug-likeness (QED) is 0.0577. The van der Waals surface area contributed by atoms with Crippen LogP contribution in [0.1, 0.15) is 113 Å². The molecule has 3 aromatic heterocycles. The van der Waals surface area contributed by atoms with Crippen LogP contribution in [0.2, 0.25) is 5.82 Å². The molecule has 4 fully saturated rings. The summed E-state index contributed by atoms with van der Waals surface area (Å²) >= 11 is -0.625. The van der Waals surface area contributed by atoms with E-state index in [4.69, 9.17) is 4.74 Å². The van der Waals surface area contributed by atoms with Crippen molar-refractivity contribution in [1.29, 1.82) is 0 Å². The molecule has 0 radical (unpaired) electrons. The summed E-state index contributed by atoms with van der Waals surface area (Å²) in [7, 11) is 7.70. The van der Waals surface area contributed by atoms with Crippen LogP contribution in [-0.4, -0.2) is 170 Å². The average molecular weight is 1370 g/mol. The molecule has 11 rings (SSSR count). The maximum absolute atomic E-state index is 14.3. The van der Waals surface area contributed by atoms with Gasteiger partial charge in [-0.2, -0.15) is 13.2 Å². The van der Waals surface area contributed by atoms with Gasteiger partial charge in [0.05, 0.1) is 35.0 Å². The van der Waals surface area contributed by atoms with Gasteiger partial charge in [-0.25, -0.2) is 4.79 Å². The summed E-state index contributed by atoms with van der Waals surface area (Å²) in [4.78, 5) is 69.8. The van der Waals surface area contributed by atoms with Gasteiger partial charge in [0, 0.05) is 114 Å². The number of carbonyl (C=O) groups is 4. The zero-order chi connectivity index (χ0) is 59.5. The van der Waals surface area contributed by atoms with Crippen LogP contribution < -0.4 is 89.7 Å². The smallest absolute Gasteiger partial charge is 0.368 e. The van der Waals surface area contributed by atoms with Gasteiger partial charge in [-0.05, 0) is 137 Å². The van der Waals surface area contributed by atoms with Gasteiger partial charge < -0.3 is 51.2 Å². The largest absolute Gasteiger partial charge is 1.00 e. The first kappa shape index (κ1) is 71.3. The third-order valence-corrected chi connectivity index (χ3v) is 15.5. The Bertz CT molecular complexity index is 3100. The van der Waals surface area contributed by atoms with Gasteiger partial charge in [-0.15, -0.1) is 10.2 Å². The number of ether oxygens (including phenoxy) is 1. The van der Waals surface area contributed by atoms with E-state index in [1.54, 1.807) is 40.2 Å². The van der Waals surface area contributed by atoms with Gasteiger partial charge in [-0.1, -0.05) is 37.8 Å². The van der Waals surface area contributed by atoms with E-state index in [2.05, 4.69) is 42.2 Å². The summed E-state index contributed by atoms with van der Waals surface area (Å²) < 4.78 is 63.7. The summed E-state index contributed by atoms with van der Waals surface area (Å²) in [6.45, 7) is 7.68. The summed E-state index contributed by atoms with van der Waals surface area (Å²) in [6, 6.07) is 21.3. The van der Waals surface area contributed by atoms with Crippen LogP contribution in [0.15, 0.2) is 96.3 Å². The molecule has 17 nitrogen and oxygen atoms in total. The Balaban J connectivity index is 0.000000270. The number of anilines is 2. The number of aromatic nitrogens is 5. The average Bonchev–Trinajstić information content (AvgIpc) is 2.45. The number of nitrogens with one attached hydrogen (secondary N) is 1. The Morgan fingerprint density at radius 2 is 1.44 bits per heavy atom. The van der Waals surface area contributed by atoms with Crippen molar-refractivity contribution < 1.29 is 110 Å². The number of likely N-dealkylation sites (N-methyl/N-ethyl adjacent to an activating group) is 1. The number of pyridine rings is 1. The number of benzene rings is 3. The number of aldehydes is 3. The number of hydrogen-bond acceptors (Lipinski definition) is 13. The summed E-state index contributed by atoms with van der Waals surface area (Å²) in [5, 5.41) is 10.7. The van der Waals surface area contributed by atoms with Crippen LogP contribution in [0.3, 0.4) is 0 Å². The van der Waals surface area contributed by atoms with Gasteiger partial charge in [0.2, 0.25) is 0 Å². The Kier molecular flexibility index (Phi) is 29.7. The number of nitrogens with zero attached hydrogens (tertiary/aromatic N) is 10. The van der Waals surface area contributed by atoms with E-state index >= 15 is 0 Å². The number of carbonyl (C=O) groups excluding carboxylic acids is 4. The molecular formula is C62H82CsF4N11O6Se. The Morgan fingerprint density at radius 1 is 0.788 bits per heavy atom. The van der Waals surface area contributed by atoms with E-state index in [1.807, 2.05) is 69.7 Å². The van der Waals surface area contributed by atoms with E-state index in [0.717, 1.165) is 130 Å². The van der Waals surface area contributed by atoms with E-state index in [9.17, 15) is 40.7 Å². The molecule has 7 heterocycles. The molecule has 2 unspecified atom stereocenters. The monoisotopic (exact) mass is 1370 g/mol. The number of aryl methyl sites for hydroxylation is 1. The first-order valence-corrected chi connectivity index (χ1v) is 30.9. The normalized spacial score (nSPS) is 17.4. The maximum Gasteiger partial charge on any atom is 1.00 e. The van der Waals surface area contributed by atoms with Crippen molar-refractivity contribution in [1.82, 2.24) is 43.7 Å². The second kappa shape index (κ2) is 35.5. The number of amides is 1. The number of fused-ring (bicyclic) bond motifs is 2. The molecule has 6 aromatic rings. The van der Waals surface area contributed by atoms with Crippen molar-refractivity contribution >= 4 is 57.1 Å². The minimum absolute atomic E-state index is 0. The molecule has 1 amide bonds. The second-order valence-electron chi connectivity index (χ2n) is 21.6. The van der Waals surface area contributed by atoms with Gasteiger partial charge in [0.15, 0.2) is 0 Å². The van der Waals surface area contributed by atoms with E-state index < -0.39 is 38.9 Å². The Morgan fingerprint density at radius 3 is 2.01 bits per heavy atom. The molecule has 0 bridgehead atoms. The molecule has 1 N–H and O–H groups in total. The number of halogens is 4. The van der Waals surface area contributed by atoms with Gasteiger partial charge in [0.25, 0.3) is 5.91 Å². The first-order valence-electron chi connectivity index (χ1n) is 28.5. The Labute approximate surface area is 563 Å². The third kappa shape index (κ3) is 20.0. The zero-order valence-corrected chi connectivity index (χ0v) is 58.3. The Hall–Kier alpha value is -4.50. The van der Waals surface area contributed by atoms with Crippen molar-refractivity contribution in [3.63, 3.8) is 0 Å². The van der Waals surface area contributed by atoms with Crippen molar-refractivity contribution in [3.8, 4) is 5.69 Å². The van der Waals surface area contributed by atoms with Crippen LogP contribution in [0, 0.1) is 7.43 Å². The third-order valence-electron chi connectivity index (χ3n) is 15.5. The second-order valence-corrected chi connectivity index (χ2v) is 22.3. The van der Waals surface area contributed by atoms with Crippen molar-refractivity contribution in [2.75, 3.05) is 83.3 Å². The van der Waals surface area contributed by atoms with Crippen molar-refractivity contribution in [2.24, 2.45) is 7.05 Å². The standard InChI is InChI=1S/C30H36F3N7O2.C24H25N3O4.C4H8.C2H7N.CH3FSe.CH3.Cs/c1-36-10-4-7-25(18-36)42-24-8-11-38(12-9-24)16-22-14-26(30(31,32)33)27-19-39(29(41)40(27)17-22)23-6-3-5-21(13-23)15-28-35-34-20-37(28)2;28-13-1-2-22(17-30)27-15-19-14-21(7-8-23(19)24(27)31)26-11-9-25(10-12-26)20-5-3-18(16-29)4-6-20;1-2-4-3-1;2*1-3-2;;/h3,5-6,13-14,17,19-20,24-25H,4,7-12,15-16,18H2,1-2H3;3-8,13-14,16-17,22H,1-2,9-12,15H2;1-4H2;3H,1-2H3;1H3;1H3;/q;;;;;-1;+1. The molecule has 3 aromatic carbocycles. The maximum atomic E-state index is 14.3. The summed E-state index contributed by atoms with van der Waals surface area (Å²) in [5.41, 5.74) is 4.70. The predicted molar refractivity (Wildman–Crippen MR) is 322 cm³/mol. The number of likely N-dealkylation sites (tertiary alicyclic amines) is 2. The first-order chi connectivity index (χ1) is 40.1. The van der Waals surface area contributed by atoms with Crippen LogP contribution in [0.25, 0.3) is 11.2 Å². The number of piperidine rings is 2.